The molecule has 0 saturated heterocycles. The molecule has 2 rings (SSSR count). The Morgan fingerprint density at radius 3 is 2.44 bits per heavy atom. The molecule has 18 heavy (non-hydrogen) atoms. The number of amides is 2. The Morgan fingerprint density at radius 2 is 1.94 bits per heavy atom. The van der Waals surface area contributed by atoms with Crippen molar-refractivity contribution in [2.24, 2.45) is 11.7 Å². The van der Waals surface area contributed by atoms with Gasteiger partial charge in [-0.1, -0.05) is 11.3 Å². The first kappa shape index (κ1) is 13.2. The van der Waals surface area contributed by atoms with Crippen molar-refractivity contribution >= 4 is 34.8 Å². The third-order valence-electron chi connectivity index (χ3n) is 3.06. The third-order valence-corrected chi connectivity index (χ3v) is 4.08. The summed E-state index contributed by atoms with van der Waals surface area (Å²) in [6.45, 7) is 0. The minimum Gasteiger partial charge on any atom is -0.369 e. The van der Waals surface area contributed by atoms with E-state index in [4.69, 9.17) is 17.3 Å². The van der Waals surface area contributed by atoms with Gasteiger partial charge in [-0.15, -0.1) is 10.2 Å². The number of carbonyl (C=O) groups is 2. The molecule has 0 aliphatic heterocycles. The van der Waals surface area contributed by atoms with Gasteiger partial charge < -0.3 is 11.1 Å². The molecule has 0 bridgehead atoms. The van der Waals surface area contributed by atoms with Crippen molar-refractivity contribution < 1.29 is 9.59 Å². The number of nitrogens with two attached hydrogens (primary N) is 1. The molecular formula is C10H13ClN4O2S. The lowest BCUT2D eigenvalue weighted by Gasteiger charge is -2.26. The molecule has 1 aliphatic rings. The van der Waals surface area contributed by atoms with E-state index >= 15 is 0 Å². The monoisotopic (exact) mass is 288 g/mol. The van der Waals surface area contributed by atoms with Crippen LogP contribution in [0.5, 0.6) is 0 Å². The predicted molar refractivity (Wildman–Crippen MR) is 67.3 cm³/mol. The summed E-state index contributed by atoms with van der Waals surface area (Å²) < 4.78 is 0.248. The van der Waals surface area contributed by atoms with E-state index in [-0.39, 0.29) is 33.2 Å². The van der Waals surface area contributed by atoms with Crippen LogP contribution in [0.1, 0.15) is 35.5 Å². The normalized spacial score (nSPS) is 23.6. The molecule has 8 heteroatoms. The van der Waals surface area contributed by atoms with Crippen LogP contribution in [0.4, 0.5) is 0 Å². The average molecular weight is 289 g/mol. The van der Waals surface area contributed by atoms with Gasteiger partial charge in [0.05, 0.1) is 0 Å². The number of hydrogen-bond donors (Lipinski definition) is 2. The van der Waals surface area contributed by atoms with Crippen LogP contribution in [0.3, 0.4) is 0 Å². The van der Waals surface area contributed by atoms with Crippen LogP contribution in [0.2, 0.25) is 4.47 Å². The topological polar surface area (TPSA) is 98.0 Å². The second kappa shape index (κ2) is 5.62. The first-order valence-corrected chi connectivity index (χ1v) is 6.85. The highest BCUT2D eigenvalue weighted by Crippen LogP contribution is 2.24. The number of nitrogens with one attached hydrogen (secondary N) is 1. The summed E-state index contributed by atoms with van der Waals surface area (Å²) in [5.74, 6) is -0.577. The summed E-state index contributed by atoms with van der Waals surface area (Å²) in [4.78, 5) is 22.8. The summed E-state index contributed by atoms with van der Waals surface area (Å²) >= 11 is 6.66. The van der Waals surface area contributed by atoms with E-state index in [1.54, 1.807) is 0 Å². The zero-order chi connectivity index (χ0) is 13.1. The van der Waals surface area contributed by atoms with Gasteiger partial charge in [-0.05, 0) is 37.3 Å². The van der Waals surface area contributed by atoms with Gasteiger partial charge in [0.25, 0.3) is 5.91 Å². The van der Waals surface area contributed by atoms with Gasteiger partial charge in [0.15, 0.2) is 0 Å². The average Bonchev–Trinajstić information content (AvgIpc) is 2.76. The van der Waals surface area contributed by atoms with E-state index in [2.05, 4.69) is 15.5 Å². The molecule has 6 nitrogen and oxygen atoms in total. The van der Waals surface area contributed by atoms with Crippen LogP contribution in [-0.4, -0.2) is 28.1 Å². The van der Waals surface area contributed by atoms with E-state index < -0.39 is 0 Å². The maximum Gasteiger partial charge on any atom is 0.282 e. The van der Waals surface area contributed by atoms with Crippen LogP contribution in [0.15, 0.2) is 0 Å². The molecule has 1 aromatic rings. The number of carbonyl (C=O) groups excluding carboxylic acids is 2. The fourth-order valence-electron chi connectivity index (χ4n) is 2.07. The Morgan fingerprint density at radius 1 is 1.28 bits per heavy atom. The molecular weight excluding hydrogens is 276 g/mol. The molecule has 3 N–H and O–H groups in total. The van der Waals surface area contributed by atoms with Crippen molar-refractivity contribution in [1.29, 1.82) is 0 Å². The third kappa shape index (κ3) is 3.17. The molecule has 0 aromatic carbocycles. The number of primary amides is 1. The van der Waals surface area contributed by atoms with Crippen molar-refractivity contribution in [2.45, 2.75) is 31.7 Å². The molecule has 0 atom stereocenters. The number of halogens is 1. The predicted octanol–water partition coefficient (Wildman–Crippen LogP) is 0.965. The fourth-order valence-corrected chi connectivity index (χ4v) is 2.80. The van der Waals surface area contributed by atoms with Crippen LogP contribution in [0, 0.1) is 5.92 Å². The van der Waals surface area contributed by atoms with Gasteiger partial charge >= 0.3 is 0 Å². The second-order valence-corrected chi connectivity index (χ2v) is 5.84. The maximum absolute atomic E-state index is 11.8. The Kier molecular flexibility index (Phi) is 4.13. The number of hydrogen-bond acceptors (Lipinski definition) is 5. The Labute approximate surface area is 113 Å². The Hall–Kier alpha value is -1.21. The van der Waals surface area contributed by atoms with Gasteiger partial charge in [-0.25, -0.2) is 0 Å². The van der Waals surface area contributed by atoms with Crippen molar-refractivity contribution in [3.8, 4) is 0 Å². The molecule has 1 aromatic heterocycles. The van der Waals surface area contributed by atoms with Gasteiger partial charge in [0, 0.05) is 12.0 Å². The largest absolute Gasteiger partial charge is 0.369 e. The zero-order valence-corrected chi connectivity index (χ0v) is 11.1. The minimum absolute atomic E-state index is 0.0610. The molecule has 98 valence electrons. The van der Waals surface area contributed by atoms with Crippen LogP contribution in [-0.2, 0) is 4.79 Å². The van der Waals surface area contributed by atoms with E-state index in [9.17, 15) is 9.59 Å². The van der Waals surface area contributed by atoms with Crippen LogP contribution in [0.25, 0.3) is 0 Å². The molecule has 0 unspecified atom stereocenters. The lowest BCUT2D eigenvalue weighted by molar-refractivity contribution is -0.122. The lowest BCUT2D eigenvalue weighted by atomic mass is 9.85. The van der Waals surface area contributed by atoms with Crippen molar-refractivity contribution in [2.75, 3.05) is 0 Å². The standard InChI is InChI=1S/C10H13ClN4O2S/c11-10-15-14-9(18-10)8(17)13-6-3-1-5(2-4-6)7(12)16/h5-6H,1-4H2,(H2,12,16)(H,13,17). The highest BCUT2D eigenvalue weighted by atomic mass is 35.5. The van der Waals surface area contributed by atoms with Crippen LogP contribution >= 0.6 is 22.9 Å². The van der Waals surface area contributed by atoms with E-state index in [1.807, 2.05) is 0 Å². The summed E-state index contributed by atoms with van der Waals surface area (Å²) in [5, 5.41) is 10.4. The lowest BCUT2D eigenvalue weighted by Crippen LogP contribution is -2.39. The van der Waals surface area contributed by atoms with Crippen molar-refractivity contribution in [3.05, 3.63) is 9.47 Å². The molecule has 0 radical (unpaired) electrons. The highest BCUT2D eigenvalue weighted by Gasteiger charge is 2.26. The van der Waals surface area contributed by atoms with Gasteiger partial charge in [0.1, 0.15) is 0 Å². The number of aromatic nitrogens is 2. The second-order valence-electron chi connectivity index (χ2n) is 4.28. The smallest absolute Gasteiger partial charge is 0.282 e. The molecule has 2 amide bonds. The fraction of sp³-hybridized carbons (Fsp3) is 0.600. The van der Waals surface area contributed by atoms with E-state index in [0.717, 1.165) is 37.0 Å². The van der Waals surface area contributed by atoms with Crippen molar-refractivity contribution in [1.82, 2.24) is 15.5 Å². The molecule has 1 saturated carbocycles. The first-order chi connectivity index (χ1) is 8.56. The van der Waals surface area contributed by atoms with Crippen LogP contribution < -0.4 is 11.1 Å². The summed E-state index contributed by atoms with van der Waals surface area (Å²) in [6, 6.07) is 0.0655. The van der Waals surface area contributed by atoms with Gasteiger partial charge in [-0.3, -0.25) is 9.59 Å². The molecule has 1 aliphatic carbocycles. The quantitative estimate of drug-likeness (QED) is 0.865. The first-order valence-electron chi connectivity index (χ1n) is 5.65. The van der Waals surface area contributed by atoms with E-state index in [1.165, 1.54) is 0 Å². The van der Waals surface area contributed by atoms with E-state index in [0.29, 0.717) is 0 Å². The molecule has 0 spiro atoms. The number of nitrogens with zero attached hydrogens (tertiary/aromatic N) is 2. The van der Waals surface area contributed by atoms with Crippen molar-refractivity contribution in [3.63, 3.8) is 0 Å². The Bertz CT molecular complexity index is 456. The number of rotatable bonds is 3. The summed E-state index contributed by atoms with van der Waals surface area (Å²) in [7, 11) is 0. The summed E-state index contributed by atoms with van der Waals surface area (Å²) in [6.07, 6.45) is 2.95. The maximum atomic E-state index is 11.8. The Balaban J connectivity index is 1.85. The molecule has 1 fully saturated rings. The van der Waals surface area contributed by atoms with Gasteiger partial charge in [-0.2, -0.15) is 0 Å². The van der Waals surface area contributed by atoms with Gasteiger partial charge in [0.2, 0.25) is 15.4 Å². The zero-order valence-electron chi connectivity index (χ0n) is 9.56. The SMILES string of the molecule is NC(=O)C1CCC(NC(=O)c2nnc(Cl)s2)CC1. The summed E-state index contributed by atoms with van der Waals surface area (Å²) in [5.41, 5.74) is 5.25. The minimum atomic E-state index is -0.262. The highest BCUT2D eigenvalue weighted by molar-refractivity contribution is 7.17. The molecule has 1 heterocycles.